The van der Waals surface area contributed by atoms with Crippen molar-refractivity contribution in [1.29, 1.82) is 0 Å². The van der Waals surface area contributed by atoms with Crippen LogP contribution in [0.2, 0.25) is 0 Å². The zero-order valence-corrected chi connectivity index (χ0v) is 6.84. The first-order valence-corrected chi connectivity index (χ1v) is 3.31. The lowest BCUT2D eigenvalue weighted by molar-refractivity contribution is -0.140. The minimum absolute atomic E-state index is 0.217. The van der Waals surface area contributed by atoms with E-state index in [2.05, 4.69) is 19.8 Å². The Hall–Kier alpha value is -2.01. The highest BCUT2D eigenvalue weighted by Gasteiger charge is 1.97. The molecule has 0 spiro atoms. The molecule has 0 fully saturated rings. The van der Waals surface area contributed by atoms with Crippen LogP contribution in [0.25, 0.3) is 10.4 Å². The summed E-state index contributed by atoms with van der Waals surface area (Å²) in [6.45, 7) is 1.85. The van der Waals surface area contributed by atoms with Gasteiger partial charge >= 0.3 is 11.9 Å². The number of hydrogen-bond donors (Lipinski definition) is 0. The molecule has 0 amide bonds. The monoisotopic (exact) mass is 185 g/mol. The van der Waals surface area contributed by atoms with Crippen LogP contribution in [0.15, 0.2) is 17.4 Å². The second-order valence-corrected chi connectivity index (χ2v) is 1.67. The predicted molar refractivity (Wildman–Crippen MR) is 41.0 cm³/mol. The number of ether oxygens (including phenoxy) is 1. The molecule has 13 heavy (non-hydrogen) atoms. The lowest BCUT2D eigenvalue weighted by Crippen LogP contribution is -2.01. The Kier molecular flexibility index (Phi) is 5.65. The summed E-state index contributed by atoms with van der Waals surface area (Å²) < 4.78 is 4.46. The molecule has 0 aliphatic rings. The molecule has 0 atom stereocenters. The zero-order valence-electron chi connectivity index (χ0n) is 6.84. The maximum absolute atomic E-state index is 10.6. The van der Waals surface area contributed by atoms with Gasteiger partial charge in [0.15, 0.2) is 0 Å². The Bertz CT molecular complexity index is 267. The second kappa shape index (κ2) is 6.68. The number of nitrogens with zero attached hydrogens (tertiary/aromatic N) is 3. The van der Waals surface area contributed by atoms with Gasteiger partial charge in [-0.3, -0.25) is 0 Å². The average Bonchev–Trinajstić information content (AvgIpc) is 2.12. The van der Waals surface area contributed by atoms with E-state index in [0.29, 0.717) is 0 Å². The van der Waals surface area contributed by atoms with Crippen LogP contribution in [0, 0.1) is 0 Å². The molecule has 7 heteroatoms. The maximum atomic E-state index is 10.6. The lowest BCUT2D eigenvalue weighted by atomic mass is 10.5. The molecular formula is C6H7N3O4. The van der Waals surface area contributed by atoms with E-state index >= 15 is 0 Å². The number of esters is 1. The summed E-state index contributed by atoms with van der Waals surface area (Å²) in [5.74, 6) is -1.61. The molecule has 7 nitrogen and oxygen atoms in total. The molecule has 0 saturated heterocycles. The van der Waals surface area contributed by atoms with Gasteiger partial charge in [0.2, 0.25) is 0 Å². The quantitative estimate of drug-likeness (QED) is 0.162. The van der Waals surface area contributed by atoms with Gasteiger partial charge in [-0.25, -0.2) is 9.59 Å². The van der Waals surface area contributed by atoms with Crippen molar-refractivity contribution in [2.75, 3.05) is 6.61 Å². The largest absolute Gasteiger partial charge is 0.463 e. The van der Waals surface area contributed by atoms with Crippen LogP contribution in [0.5, 0.6) is 0 Å². The summed E-state index contributed by atoms with van der Waals surface area (Å²) in [6.07, 6.45) is 1.67. The molecule has 0 aromatic heterocycles. The van der Waals surface area contributed by atoms with Gasteiger partial charge in [0.25, 0.3) is 0 Å². The second-order valence-electron chi connectivity index (χ2n) is 1.67. The molecular weight excluding hydrogens is 178 g/mol. The first-order chi connectivity index (χ1) is 6.20. The number of azide groups is 1. The molecule has 0 N–H and O–H groups in total. The van der Waals surface area contributed by atoms with Gasteiger partial charge in [0.05, 0.1) is 6.61 Å². The van der Waals surface area contributed by atoms with Gasteiger partial charge < -0.3 is 9.57 Å². The number of rotatable bonds is 4. The van der Waals surface area contributed by atoms with Gasteiger partial charge in [0, 0.05) is 17.1 Å². The molecule has 0 rings (SSSR count). The van der Waals surface area contributed by atoms with E-state index in [4.69, 9.17) is 5.53 Å². The molecule has 0 heterocycles. The third-order valence-electron chi connectivity index (χ3n) is 0.809. The molecule has 70 valence electrons. The van der Waals surface area contributed by atoms with Crippen LogP contribution < -0.4 is 0 Å². The Morgan fingerprint density at radius 3 is 2.62 bits per heavy atom. The first-order valence-electron chi connectivity index (χ1n) is 3.31. The van der Waals surface area contributed by atoms with Gasteiger partial charge in [0.1, 0.15) is 5.28 Å². The summed E-state index contributed by atoms with van der Waals surface area (Å²) >= 11 is 0. The standard InChI is InChI=1S/C6H7N3O4/c1-2-12-5(10)3-4-6(11)13-9-8-7/h3-4H,2H2,1H3/b4-3+. The van der Waals surface area contributed by atoms with Crippen LogP contribution in [0.3, 0.4) is 0 Å². The summed E-state index contributed by atoms with van der Waals surface area (Å²) in [5, 5.41) is 2.52. The first kappa shape index (κ1) is 11.0. The van der Waals surface area contributed by atoms with Crippen LogP contribution in [0.4, 0.5) is 0 Å². The Labute approximate surface area is 73.5 Å². The van der Waals surface area contributed by atoms with E-state index in [9.17, 15) is 9.59 Å². The van der Waals surface area contributed by atoms with Crippen molar-refractivity contribution in [2.24, 2.45) is 5.28 Å². The summed E-state index contributed by atoms with van der Waals surface area (Å²) in [7, 11) is 0. The van der Waals surface area contributed by atoms with Gasteiger partial charge in [-0.2, -0.15) is 0 Å². The molecule has 0 aliphatic heterocycles. The fourth-order valence-electron chi connectivity index (χ4n) is 0.415. The Morgan fingerprint density at radius 1 is 1.46 bits per heavy atom. The molecule has 0 aromatic carbocycles. The van der Waals surface area contributed by atoms with E-state index in [0.717, 1.165) is 12.2 Å². The molecule has 0 saturated carbocycles. The average molecular weight is 185 g/mol. The highest BCUT2D eigenvalue weighted by Crippen LogP contribution is 1.85. The molecule has 0 aromatic rings. The fourth-order valence-corrected chi connectivity index (χ4v) is 0.415. The minimum Gasteiger partial charge on any atom is -0.463 e. The lowest BCUT2D eigenvalue weighted by Gasteiger charge is -1.93. The SMILES string of the molecule is CCOC(=O)/C=C/C(=O)ON=[N+]=[N-]. The number of hydrogen-bond acceptors (Lipinski definition) is 5. The van der Waals surface area contributed by atoms with E-state index in [-0.39, 0.29) is 6.61 Å². The minimum atomic E-state index is -0.939. The van der Waals surface area contributed by atoms with Gasteiger partial charge in [-0.05, 0) is 12.5 Å². The third-order valence-corrected chi connectivity index (χ3v) is 0.809. The molecule has 0 aliphatic carbocycles. The van der Waals surface area contributed by atoms with E-state index in [1.54, 1.807) is 6.92 Å². The Balaban J connectivity index is 3.89. The smallest absolute Gasteiger partial charge is 0.342 e. The fraction of sp³-hybridized carbons (Fsp3) is 0.333. The summed E-state index contributed by atoms with van der Waals surface area (Å²) in [5.41, 5.74) is 7.74. The van der Waals surface area contributed by atoms with E-state index < -0.39 is 11.9 Å². The normalized spacial score (nSPS) is 9.00. The highest BCUT2D eigenvalue weighted by molar-refractivity contribution is 5.91. The van der Waals surface area contributed by atoms with Crippen LogP contribution >= 0.6 is 0 Å². The molecule has 0 unspecified atom stereocenters. The topological polar surface area (TPSA) is 101 Å². The third kappa shape index (κ3) is 6.39. The van der Waals surface area contributed by atoms with Crippen molar-refractivity contribution in [3.63, 3.8) is 0 Å². The number of carbonyl (C=O) groups is 2. The zero-order chi connectivity index (χ0) is 10.1. The van der Waals surface area contributed by atoms with Crippen molar-refractivity contribution < 1.29 is 19.2 Å². The van der Waals surface area contributed by atoms with Crippen LogP contribution in [-0.2, 0) is 19.2 Å². The summed E-state index contributed by atoms with van der Waals surface area (Å²) in [4.78, 5) is 27.2. The van der Waals surface area contributed by atoms with Gasteiger partial charge in [-0.15, -0.1) is 0 Å². The predicted octanol–water partition coefficient (Wildman–Crippen LogP) is 0.874. The molecule has 0 radical (unpaired) electrons. The van der Waals surface area contributed by atoms with Crippen molar-refractivity contribution in [1.82, 2.24) is 0 Å². The van der Waals surface area contributed by atoms with Crippen molar-refractivity contribution in [2.45, 2.75) is 6.92 Å². The van der Waals surface area contributed by atoms with Crippen LogP contribution in [0.1, 0.15) is 6.92 Å². The van der Waals surface area contributed by atoms with Gasteiger partial charge in [-0.1, -0.05) is 0 Å². The van der Waals surface area contributed by atoms with E-state index in [1.165, 1.54) is 0 Å². The highest BCUT2D eigenvalue weighted by atomic mass is 16.7. The Morgan fingerprint density at radius 2 is 2.08 bits per heavy atom. The number of carbonyl (C=O) groups excluding carboxylic acids is 2. The molecule has 0 bridgehead atoms. The van der Waals surface area contributed by atoms with Crippen LogP contribution in [-0.4, -0.2) is 18.5 Å². The van der Waals surface area contributed by atoms with Crippen molar-refractivity contribution in [3.8, 4) is 0 Å². The maximum Gasteiger partial charge on any atom is 0.342 e. The van der Waals surface area contributed by atoms with Crippen molar-refractivity contribution in [3.05, 3.63) is 22.6 Å². The van der Waals surface area contributed by atoms with E-state index in [1.807, 2.05) is 0 Å². The van der Waals surface area contributed by atoms with Crippen molar-refractivity contribution >= 4 is 11.9 Å². The summed E-state index contributed by atoms with van der Waals surface area (Å²) in [6, 6.07) is 0.